The number of imidazole rings is 1. The number of carbonyl (C=O) groups is 1. The third kappa shape index (κ3) is 5.46. The molecule has 0 spiro atoms. The number of nitriles is 1. The first-order valence-electron chi connectivity index (χ1n) is 12.9. The molecular weight excluding hydrogens is 466 g/mol. The molecule has 2 heterocycles. The highest BCUT2D eigenvalue weighted by Gasteiger charge is 2.39. The van der Waals surface area contributed by atoms with E-state index in [2.05, 4.69) is 55.9 Å². The van der Waals surface area contributed by atoms with Crippen LogP contribution in [-0.4, -0.2) is 35.3 Å². The van der Waals surface area contributed by atoms with E-state index in [-0.39, 0.29) is 17.4 Å². The number of hydrogen-bond donors (Lipinski definition) is 1. The Morgan fingerprint density at radius 3 is 2.53 bits per heavy atom. The standard InChI is InChI=1S/C28H37N5O2Si/c1-28(2,3)36(4,5)35-23-14-12-20(13-15-23)25-32-24-18-21(27(34)30-17-9-16-29)19-31-26(24)33(25)22-10-7-6-8-11-22/h12-15,18-19,22H,6-11,17H2,1-5H3,(H,30,34). The second-order valence-electron chi connectivity index (χ2n) is 11.2. The van der Waals surface area contributed by atoms with Gasteiger partial charge in [0.05, 0.1) is 18.1 Å². The van der Waals surface area contributed by atoms with Crippen LogP contribution in [0.1, 0.15) is 75.7 Å². The lowest BCUT2D eigenvalue weighted by atomic mass is 9.95. The zero-order valence-electron chi connectivity index (χ0n) is 22.1. The molecule has 1 aliphatic carbocycles. The molecule has 1 aromatic carbocycles. The van der Waals surface area contributed by atoms with E-state index < -0.39 is 8.32 Å². The number of hydrogen-bond acceptors (Lipinski definition) is 5. The number of nitrogens with one attached hydrogen (secondary N) is 1. The van der Waals surface area contributed by atoms with Crippen LogP contribution in [0.4, 0.5) is 0 Å². The van der Waals surface area contributed by atoms with Crippen LogP contribution >= 0.6 is 0 Å². The molecule has 190 valence electrons. The molecule has 0 bridgehead atoms. The maximum absolute atomic E-state index is 12.5. The quantitative estimate of drug-likeness (QED) is 0.288. The van der Waals surface area contributed by atoms with Crippen LogP contribution in [0.25, 0.3) is 22.6 Å². The van der Waals surface area contributed by atoms with Crippen molar-refractivity contribution in [2.24, 2.45) is 0 Å². The first kappa shape index (κ1) is 25.9. The van der Waals surface area contributed by atoms with Gasteiger partial charge in [0, 0.05) is 24.3 Å². The minimum atomic E-state index is -1.92. The molecule has 8 heteroatoms. The van der Waals surface area contributed by atoms with Crippen molar-refractivity contribution in [3.8, 4) is 23.2 Å². The third-order valence-corrected chi connectivity index (χ3v) is 11.9. The fourth-order valence-electron chi connectivity index (χ4n) is 4.45. The van der Waals surface area contributed by atoms with Crippen molar-refractivity contribution in [3.63, 3.8) is 0 Å². The van der Waals surface area contributed by atoms with Gasteiger partial charge in [-0.2, -0.15) is 5.26 Å². The normalized spacial score (nSPS) is 15.0. The average Bonchev–Trinajstić information content (AvgIpc) is 3.23. The average molecular weight is 504 g/mol. The monoisotopic (exact) mass is 503 g/mol. The van der Waals surface area contributed by atoms with Crippen LogP contribution in [-0.2, 0) is 0 Å². The van der Waals surface area contributed by atoms with Gasteiger partial charge in [0.1, 0.15) is 17.1 Å². The van der Waals surface area contributed by atoms with Crippen LogP contribution in [0, 0.1) is 11.3 Å². The highest BCUT2D eigenvalue weighted by Crippen LogP contribution is 2.39. The number of nitrogens with zero attached hydrogens (tertiary/aromatic N) is 4. The zero-order valence-corrected chi connectivity index (χ0v) is 23.1. The maximum atomic E-state index is 12.5. The van der Waals surface area contributed by atoms with Gasteiger partial charge in [0.15, 0.2) is 5.65 Å². The maximum Gasteiger partial charge on any atom is 0.252 e. The largest absolute Gasteiger partial charge is 0.544 e. The second kappa shape index (κ2) is 10.4. The summed E-state index contributed by atoms with van der Waals surface area (Å²) in [6.45, 7) is 11.5. The molecule has 0 atom stereocenters. The summed E-state index contributed by atoms with van der Waals surface area (Å²) in [5.74, 6) is 1.53. The molecule has 1 fully saturated rings. The van der Waals surface area contributed by atoms with Gasteiger partial charge >= 0.3 is 0 Å². The van der Waals surface area contributed by atoms with Crippen molar-refractivity contribution in [1.82, 2.24) is 19.9 Å². The lowest BCUT2D eigenvalue weighted by Gasteiger charge is -2.36. The highest BCUT2D eigenvalue weighted by molar-refractivity contribution is 6.74. The second-order valence-corrected chi connectivity index (χ2v) is 15.9. The van der Waals surface area contributed by atoms with Gasteiger partial charge in [-0.05, 0) is 61.3 Å². The van der Waals surface area contributed by atoms with E-state index in [0.29, 0.717) is 23.7 Å². The van der Waals surface area contributed by atoms with Crippen LogP contribution in [0.15, 0.2) is 36.5 Å². The molecule has 7 nitrogen and oxygen atoms in total. The Labute approximate surface area is 215 Å². The van der Waals surface area contributed by atoms with Crippen molar-refractivity contribution in [2.75, 3.05) is 6.54 Å². The number of fused-ring (bicyclic) bond motifs is 1. The van der Waals surface area contributed by atoms with Gasteiger partial charge in [-0.25, -0.2) is 9.97 Å². The fraction of sp³-hybridized carbons (Fsp3) is 0.500. The van der Waals surface area contributed by atoms with Gasteiger partial charge in [-0.3, -0.25) is 4.79 Å². The van der Waals surface area contributed by atoms with E-state index in [9.17, 15) is 4.79 Å². The first-order valence-corrected chi connectivity index (χ1v) is 15.8. The molecule has 0 saturated heterocycles. The topological polar surface area (TPSA) is 92.8 Å². The summed E-state index contributed by atoms with van der Waals surface area (Å²) in [5, 5.41) is 11.6. The summed E-state index contributed by atoms with van der Waals surface area (Å²) in [6.07, 6.45) is 7.75. The van der Waals surface area contributed by atoms with Gasteiger partial charge < -0.3 is 14.3 Å². The Morgan fingerprint density at radius 2 is 1.89 bits per heavy atom. The molecule has 0 radical (unpaired) electrons. The zero-order chi connectivity index (χ0) is 25.9. The Hall–Kier alpha value is -3.18. The van der Waals surface area contributed by atoms with E-state index in [1.807, 2.05) is 24.3 Å². The molecule has 1 saturated carbocycles. The molecule has 1 N–H and O–H groups in total. The Morgan fingerprint density at radius 1 is 1.19 bits per heavy atom. The SMILES string of the molecule is CC(C)(C)[Si](C)(C)Oc1ccc(-c2nc3cc(C(=O)NCCC#N)cnc3n2C2CCCCC2)cc1. The molecule has 4 rings (SSSR count). The van der Waals surface area contributed by atoms with Gasteiger partial charge in [-0.1, -0.05) is 40.0 Å². The van der Waals surface area contributed by atoms with E-state index in [4.69, 9.17) is 19.7 Å². The molecule has 36 heavy (non-hydrogen) atoms. The summed E-state index contributed by atoms with van der Waals surface area (Å²) in [6, 6.07) is 12.4. The number of aromatic nitrogens is 3. The van der Waals surface area contributed by atoms with E-state index in [0.717, 1.165) is 35.6 Å². The van der Waals surface area contributed by atoms with E-state index >= 15 is 0 Å². The predicted molar refractivity (Wildman–Crippen MR) is 145 cm³/mol. The Kier molecular flexibility index (Phi) is 7.50. The molecule has 3 aromatic rings. The third-order valence-electron chi connectivity index (χ3n) is 7.55. The highest BCUT2D eigenvalue weighted by atomic mass is 28.4. The summed E-state index contributed by atoms with van der Waals surface area (Å²) in [7, 11) is -1.92. The molecule has 0 aliphatic heterocycles. The molecule has 1 aliphatic rings. The number of pyridine rings is 1. The van der Waals surface area contributed by atoms with Crippen LogP contribution in [0.5, 0.6) is 5.75 Å². The molecular formula is C28H37N5O2Si. The van der Waals surface area contributed by atoms with E-state index in [1.165, 1.54) is 19.3 Å². The summed E-state index contributed by atoms with van der Waals surface area (Å²) in [4.78, 5) is 22.2. The fourth-order valence-corrected chi connectivity index (χ4v) is 5.48. The van der Waals surface area contributed by atoms with Gasteiger partial charge in [0.25, 0.3) is 5.91 Å². The van der Waals surface area contributed by atoms with Crippen molar-refractivity contribution in [2.45, 2.75) is 83.5 Å². The first-order chi connectivity index (χ1) is 17.1. The summed E-state index contributed by atoms with van der Waals surface area (Å²) < 4.78 is 8.75. The molecule has 0 unspecified atom stereocenters. The van der Waals surface area contributed by atoms with Crippen molar-refractivity contribution >= 4 is 25.4 Å². The van der Waals surface area contributed by atoms with Crippen LogP contribution in [0.3, 0.4) is 0 Å². The Balaban J connectivity index is 1.70. The minimum absolute atomic E-state index is 0.130. The number of amides is 1. The Bertz CT molecular complexity index is 1260. The van der Waals surface area contributed by atoms with Crippen molar-refractivity contribution in [3.05, 3.63) is 42.1 Å². The van der Waals surface area contributed by atoms with Crippen LogP contribution in [0.2, 0.25) is 18.1 Å². The van der Waals surface area contributed by atoms with Crippen molar-refractivity contribution in [1.29, 1.82) is 5.26 Å². The molecule has 1 amide bonds. The smallest absolute Gasteiger partial charge is 0.252 e. The van der Waals surface area contributed by atoms with Gasteiger partial charge in [0.2, 0.25) is 8.32 Å². The van der Waals surface area contributed by atoms with Gasteiger partial charge in [-0.15, -0.1) is 0 Å². The number of carbonyl (C=O) groups excluding carboxylic acids is 1. The lowest BCUT2D eigenvalue weighted by molar-refractivity contribution is 0.0954. The number of benzene rings is 1. The lowest BCUT2D eigenvalue weighted by Crippen LogP contribution is -2.43. The van der Waals surface area contributed by atoms with Crippen molar-refractivity contribution < 1.29 is 9.22 Å². The molecule has 2 aromatic heterocycles. The van der Waals surface area contributed by atoms with E-state index in [1.54, 1.807) is 6.20 Å². The number of rotatable bonds is 7. The summed E-state index contributed by atoms with van der Waals surface area (Å²) >= 11 is 0. The predicted octanol–water partition coefficient (Wildman–Crippen LogP) is 6.63. The summed E-state index contributed by atoms with van der Waals surface area (Å²) in [5.41, 5.74) is 3.00. The minimum Gasteiger partial charge on any atom is -0.544 e. The van der Waals surface area contributed by atoms with Crippen LogP contribution < -0.4 is 9.74 Å².